The zero-order chi connectivity index (χ0) is 14.7. The number of ether oxygens (including phenoxy) is 2. The van der Waals surface area contributed by atoms with Crippen LogP contribution in [0.3, 0.4) is 0 Å². The zero-order valence-electron chi connectivity index (χ0n) is 12.1. The monoisotopic (exact) mass is 276 g/mol. The Hall–Kier alpha value is -1.84. The molecule has 0 aliphatic heterocycles. The fraction of sp³-hybridized carbons (Fsp3) is 0.500. The summed E-state index contributed by atoms with van der Waals surface area (Å²) in [6, 6.07) is 6.80. The van der Waals surface area contributed by atoms with E-state index in [1.807, 2.05) is 0 Å². The van der Waals surface area contributed by atoms with Crippen molar-refractivity contribution in [1.29, 1.82) is 0 Å². The molecule has 0 amide bonds. The lowest BCUT2D eigenvalue weighted by Crippen LogP contribution is -2.27. The van der Waals surface area contributed by atoms with Gasteiger partial charge < -0.3 is 9.47 Å². The zero-order valence-corrected chi connectivity index (χ0v) is 12.1. The second kappa shape index (κ2) is 6.07. The molecule has 1 aliphatic rings. The van der Waals surface area contributed by atoms with Crippen molar-refractivity contribution in [3.8, 4) is 5.75 Å². The molecular weight excluding hydrogens is 256 g/mol. The van der Waals surface area contributed by atoms with Gasteiger partial charge in [0.05, 0.1) is 6.61 Å². The van der Waals surface area contributed by atoms with Gasteiger partial charge in [-0.2, -0.15) is 0 Å². The van der Waals surface area contributed by atoms with Crippen LogP contribution in [0.4, 0.5) is 0 Å². The van der Waals surface area contributed by atoms with E-state index in [0.717, 1.165) is 6.42 Å². The Morgan fingerprint density at radius 3 is 2.70 bits per heavy atom. The summed E-state index contributed by atoms with van der Waals surface area (Å²) in [4.78, 5) is 23.1. The molecule has 4 nitrogen and oxygen atoms in total. The van der Waals surface area contributed by atoms with E-state index in [1.165, 1.54) is 6.92 Å². The third-order valence-corrected chi connectivity index (χ3v) is 3.60. The normalized spacial score (nSPS) is 21.9. The van der Waals surface area contributed by atoms with Crippen molar-refractivity contribution in [3.63, 3.8) is 0 Å². The van der Waals surface area contributed by atoms with Gasteiger partial charge in [0.25, 0.3) is 0 Å². The van der Waals surface area contributed by atoms with Gasteiger partial charge in [0.2, 0.25) is 0 Å². The van der Waals surface area contributed by atoms with Crippen LogP contribution >= 0.6 is 0 Å². The van der Waals surface area contributed by atoms with Crippen molar-refractivity contribution in [3.05, 3.63) is 29.8 Å². The Kier molecular flexibility index (Phi) is 4.42. The molecule has 1 fully saturated rings. The quantitative estimate of drug-likeness (QED) is 0.592. The largest absolute Gasteiger partial charge is 0.479 e. The van der Waals surface area contributed by atoms with E-state index in [1.54, 1.807) is 31.2 Å². The number of hydrogen-bond acceptors (Lipinski definition) is 4. The lowest BCUT2D eigenvalue weighted by Gasteiger charge is -2.14. The Balaban J connectivity index is 1.86. The minimum Gasteiger partial charge on any atom is -0.479 e. The minimum atomic E-state index is -0.675. The maximum Gasteiger partial charge on any atom is 0.347 e. The minimum absolute atomic E-state index is 0.0339. The van der Waals surface area contributed by atoms with Crippen molar-refractivity contribution in [2.45, 2.75) is 33.3 Å². The van der Waals surface area contributed by atoms with Gasteiger partial charge in [-0.1, -0.05) is 19.1 Å². The summed E-state index contributed by atoms with van der Waals surface area (Å²) in [7, 11) is 0. The highest BCUT2D eigenvalue weighted by atomic mass is 16.6. The first-order valence-electron chi connectivity index (χ1n) is 6.91. The van der Waals surface area contributed by atoms with Gasteiger partial charge in [0, 0.05) is 5.56 Å². The molecule has 4 heteroatoms. The fourth-order valence-corrected chi connectivity index (χ4v) is 1.98. The molecule has 0 radical (unpaired) electrons. The van der Waals surface area contributed by atoms with Crippen LogP contribution in [0.15, 0.2) is 24.3 Å². The first-order chi connectivity index (χ1) is 9.47. The summed E-state index contributed by atoms with van der Waals surface area (Å²) < 4.78 is 10.7. The van der Waals surface area contributed by atoms with Gasteiger partial charge in [0.15, 0.2) is 11.9 Å². The molecule has 20 heavy (non-hydrogen) atoms. The lowest BCUT2D eigenvalue weighted by atomic mass is 10.1. The molecule has 0 aromatic heterocycles. The number of rotatable bonds is 6. The first-order valence-corrected chi connectivity index (χ1v) is 6.91. The van der Waals surface area contributed by atoms with Gasteiger partial charge in [0.1, 0.15) is 5.75 Å². The third kappa shape index (κ3) is 3.83. The molecule has 3 atom stereocenters. The molecule has 108 valence electrons. The summed E-state index contributed by atoms with van der Waals surface area (Å²) in [5, 5.41) is 0. The number of Topliss-reactive ketones (excluding diaryl/α,β-unsaturated/α-hetero) is 1. The Morgan fingerprint density at radius 2 is 2.10 bits per heavy atom. The van der Waals surface area contributed by atoms with Gasteiger partial charge in [-0.05, 0) is 44.2 Å². The van der Waals surface area contributed by atoms with Crippen LogP contribution in [0.1, 0.15) is 37.6 Å². The Bertz CT molecular complexity index is 509. The van der Waals surface area contributed by atoms with Gasteiger partial charge >= 0.3 is 5.97 Å². The summed E-state index contributed by atoms with van der Waals surface area (Å²) in [5.74, 6) is 1.27. The highest BCUT2D eigenvalue weighted by molar-refractivity contribution is 5.94. The van der Waals surface area contributed by atoms with Crippen molar-refractivity contribution in [1.82, 2.24) is 0 Å². The Labute approximate surface area is 119 Å². The van der Waals surface area contributed by atoms with Crippen LogP contribution in [0, 0.1) is 11.8 Å². The average Bonchev–Trinajstić information content (AvgIpc) is 3.12. The molecule has 1 aliphatic carbocycles. The summed E-state index contributed by atoms with van der Waals surface area (Å²) in [6.45, 7) is 5.76. The van der Waals surface area contributed by atoms with Gasteiger partial charge in [-0.15, -0.1) is 0 Å². The van der Waals surface area contributed by atoms with Crippen molar-refractivity contribution in [2.24, 2.45) is 11.8 Å². The van der Waals surface area contributed by atoms with E-state index in [-0.39, 0.29) is 11.8 Å². The molecule has 0 spiro atoms. The van der Waals surface area contributed by atoms with E-state index in [2.05, 4.69) is 6.92 Å². The van der Waals surface area contributed by atoms with Crippen LogP contribution in [0.5, 0.6) is 5.75 Å². The lowest BCUT2D eigenvalue weighted by molar-refractivity contribution is -0.151. The molecule has 0 heterocycles. The molecule has 2 rings (SSSR count). The van der Waals surface area contributed by atoms with Crippen LogP contribution in [0.2, 0.25) is 0 Å². The Morgan fingerprint density at radius 1 is 1.40 bits per heavy atom. The maximum absolute atomic E-state index is 11.8. The third-order valence-electron chi connectivity index (χ3n) is 3.60. The molecule has 1 aromatic carbocycles. The predicted octanol–water partition coefficient (Wildman–Crippen LogP) is 2.86. The summed E-state index contributed by atoms with van der Waals surface area (Å²) >= 11 is 0. The topological polar surface area (TPSA) is 52.6 Å². The standard InChI is InChI=1S/C16H20O4/c1-10-7-14(10)9-19-16(18)12(3)20-15-6-4-5-13(8-15)11(2)17/h4-6,8,10,12,14H,7,9H2,1-3H3. The maximum atomic E-state index is 11.8. The summed E-state index contributed by atoms with van der Waals surface area (Å²) in [6.07, 6.45) is 0.453. The molecule has 0 bridgehead atoms. The van der Waals surface area contributed by atoms with E-state index < -0.39 is 6.10 Å². The predicted molar refractivity (Wildman–Crippen MR) is 74.8 cm³/mol. The molecular formula is C16H20O4. The van der Waals surface area contributed by atoms with Crippen LogP contribution in [0.25, 0.3) is 0 Å². The van der Waals surface area contributed by atoms with Crippen molar-refractivity contribution < 1.29 is 19.1 Å². The number of hydrogen-bond donors (Lipinski definition) is 0. The van der Waals surface area contributed by atoms with Gasteiger partial charge in [-0.3, -0.25) is 4.79 Å². The number of esters is 1. The van der Waals surface area contributed by atoms with Crippen LogP contribution in [-0.4, -0.2) is 24.5 Å². The first kappa shape index (κ1) is 14.6. The van der Waals surface area contributed by atoms with E-state index in [9.17, 15) is 9.59 Å². The van der Waals surface area contributed by atoms with Crippen LogP contribution in [-0.2, 0) is 9.53 Å². The number of carbonyl (C=O) groups is 2. The van der Waals surface area contributed by atoms with Crippen molar-refractivity contribution >= 4 is 11.8 Å². The molecule has 0 N–H and O–H groups in total. The second-order valence-electron chi connectivity index (χ2n) is 5.45. The average molecular weight is 276 g/mol. The summed E-state index contributed by atoms with van der Waals surface area (Å²) in [5.41, 5.74) is 0.565. The fourth-order valence-electron chi connectivity index (χ4n) is 1.98. The highest BCUT2D eigenvalue weighted by Crippen LogP contribution is 2.37. The smallest absolute Gasteiger partial charge is 0.347 e. The second-order valence-corrected chi connectivity index (χ2v) is 5.45. The van der Waals surface area contributed by atoms with Gasteiger partial charge in [-0.25, -0.2) is 4.79 Å². The molecule has 0 saturated heterocycles. The van der Waals surface area contributed by atoms with E-state index >= 15 is 0 Å². The highest BCUT2D eigenvalue weighted by Gasteiger charge is 2.34. The molecule has 3 unspecified atom stereocenters. The van der Waals surface area contributed by atoms with Crippen LogP contribution < -0.4 is 4.74 Å². The molecule has 1 aromatic rings. The van der Waals surface area contributed by atoms with E-state index in [0.29, 0.717) is 29.8 Å². The van der Waals surface area contributed by atoms with E-state index in [4.69, 9.17) is 9.47 Å². The van der Waals surface area contributed by atoms with Crippen molar-refractivity contribution in [2.75, 3.05) is 6.61 Å². The number of benzene rings is 1. The molecule has 1 saturated carbocycles. The number of carbonyl (C=O) groups excluding carboxylic acids is 2. The SMILES string of the molecule is CC(=O)c1cccc(OC(C)C(=O)OCC2CC2C)c1. The number of ketones is 1.